The SMILES string of the molecule is COCc1ccccc1C1CC(=O)NC1(C)C. The lowest BCUT2D eigenvalue weighted by Gasteiger charge is -2.28. The number of hydrogen-bond acceptors (Lipinski definition) is 2. The molecule has 1 fully saturated rings. The van der Waals surface area contributed by atoms with Crippen LogP contribution in [0.5, 0.6) is 0 Å². The summed E-state index contributed by atoms with van der Waals surface area (Å²) in [5, 5.41) is 3.03. The summed E-state index contributed by atoms with van der Waals surface area (Å²) in [4.78, 5) is 11.6. The van der Waals surface area contributed by atoms with Gasteiger partial charge in [-0.1, -0.05) is 24.3 Å². The van der Waals surface area contributed by atoms with Crippen molar-refractivity contribution in [2.45, 2.75) is 38.3 Å². The Bertz CT molecular complexity index is 426. The van der Waals surface area contributed by atoms with Gasteiger partial charge in [0.15, 0.2) is 0 Å². The summed E-state index contributed by atoms with van der Waals surface area (Å²) < 4.78 is 5.22. The highest BCUT2D eigenvalue weighted by Gasteiger charge is 2.40. The Morgan fingerprint density at radius 2 is 2.12 bits per heavy atom. The zero-order valence-corrected chi connectivity index (χ0v) is 10.6. The molecule has 1 heterocycles. The quantitative estimate of drug-likeness (QED) is 0.869. The van der Waals surface area contributed by atoms with Gasteiger partial charge in [-0.25, -0.2) is 0 Å². The first kappa shape index (κ1) is 12.1. The molecule has 1 aromatic carbocycles. The molecule has 1 atom stereocenters. The van der Waals surface area contributed by atoms with Gasteiger partial charge < -0.3 is 10.1 Å². The van der Waals surface area contributed by atoms with Crippen LogP contribution < -0.4 is 5.32 Å². The Kier molecular flexibility index (Phi) is 3.20. The lowest BCUT2D eigenvalue weighted by atomic mass is 9.81. The highest BCUT2D eigenvalue weighted by molar-refractivity contribution is 5.81. The van der Waals surface area contributed by atoms with Crippen molar-refractivity contribution < 1.29 is 9.53 Å². The summed E-state index contributed by atoms with van der Waals surface area (Å²) in [5.74, 6) is 0.355. The smallest absolute Gasteiger partial charge is 0.221 e. The van der Waals surface area contributed by atoms with E-state index in [1.165, 1.54) is 11.1 Å². The lowest BCUT2D eigenvalue weighted by molar-refractivity contribution is -0.119. The molecule has 1 saturated heterocycles. The molecule has 3 heteroatoms. The Morgan fingerprint density at radius 1 is 1.41 bits per heavy atom. The first-order chi connectivity index (χ1) is 8.04. The third-order valence-corrected chi connectivity index (χ3v) is 3.45. The molecular weight excluding hydrogens is 214 g/mol. The molecular formula is C14H19NO2. The molecule has 1 aliphatic rings. The predicted octanol–water partition coefficient (Wildman–Crippen LogP) is 2.22. The van der Waals surface area contributed by atoms with E-state index in [0.717, 1.165) is 0 Å². The second-order valence-electron chi connectivity index (χ2n) is 5.16. The molecule has 1 aromatic rings. The predicted molar refractivity (Wildman–Crippen MR) is 66.7 cm³/mol. The number of ether oxygens (including phenoxy) is 1. The number of carbonyl (C=O) groups is 1. The minimum Gasteiger partial charge on any atom is -0.380 e. The van der Waals surface area contributed by atoms with E-state index in [-0.39, 0.29) is 17.4 Å². The van der Waals surface area contributed by atoms with Crippen LogP contribution in [-0.2, 0) is 16.1 Å². The van der Waals surface area contributed by atoms with E-state index in [9.17, 15) is 4.79 Å². The molecule has 0 bridgehead atoms. The highest BCUT2D eigenvalue weighted by atomic mass is 16.5. The van der Waals surface area contributed by atoms with Gasteiger partial charge in [-0.15, -0.1) is 0 Å². The van der Waals surface area contributed by atoms with Crippen molar-refractivity contribution >= 4 is 5.91 Å². The number of hydrogen-bond donors (Lipinski definition) is 1. The molecule has 0 saturated carbocycles. The second kappa shape index (κ2) is 4.49. The van der Waals surface area contributed by atoms with Crippen LogP contribution in [0.2, 0.25) is 0 Å². The van der Waals surface area contributed by atoms with Crippen molar-refractivity contribution in [2.24, 2.45) is 0 Å². The van der Waals surface area contributed by atoms with Gasteiger partial charge in [-0.3, -0.25) is 4.79 Å². The number of amides is 1. The molecule has 17 heavy (non-hydrogen) atoms. The first-order valence-electron chi connectivity index (χ1n) is 5.92. The molecule has 0 aliphatic carbocycles. The van der Waals surface area contributed by atoms with Crippen molar-refractivity contribution in [3.05, 3.63) is 35.4 Å². The van der Waals surface area contributed by atoms with E-state index in [4.69, 9.17) is 4.74 Å². The normalized spacial score (nSPS) is 22.5. The van der Waals surface area contributed by atoms with Gasteiger partial charge in [0.2, 0.25) is 5.91 Å². The van der Waals surface area contributed by atoms with Gasteiger partial charge in [0.1, 0.15) is 0 Å². The Balaban J connectivity index is 2.36. The monoisotopic (exact) mass is 233 g/mol. The molecule has 1 unspecified atom stereocenters. The van der Waals surface area contributed by atoms with Gasteiger partial charge in [-0.2, -0.15) is 0 Å². The standard InChI is InChI=1S/C14H19NO2/c1-14(2)12(8-13(16)15-14)11-7-5-4-6-10(11)9-17-3/h4-7,12H,8-9H2,1-3H3,(H,15,16). The van der Waals surface area contributed by atoms with Gasteiger partial charge in [0.05, 0.1) is 6.61 Å². The average molecular weight is 233 g/mol. The molecule has 92 valence electrons. The number of methoxy groups -OCH3 is 1. The van der Waals surface area contributed by atoms with Crippen molar-refractivity contribution in [1.29, 1.82) is 0 Å². The summed E-state index contributed by atoms with van der Waals surface area (Å²) in [6.07, 6.45) is 0.563. The molecule has 1 amide bonds. The van der Waals surface area contributed by atoms with E-state index >= 15 is 0 Å². The van der Waals surface area contributed by atoms with E-state index in [1.54, 1.807) is 7.11 Å². The molecule has 0 aromatic heterocycles. The van der Waals surface area contributed by atoms with Crippen LogP contribution in [0.15, 0.2) is 24.3 Å². The van der Waals surface area contributed by atoms with Crippen molar-refractivity contribution in [1.82, 2.24) is 5.32 Å². The van der Waals surface area contributed by atoms with Crippen molar-refractivity contribution in [3.8, 4) is 0 Å². The molecule has 2 rings (SSSR count). The number of benzene rings is 1. The maximum absolute atomic E-state index is 11.6. The summed E-state index contributed by atoms with van der Waals surface area (Å²) >= 11 is 0. The van der Waals surface area contributed by atoms with Gasteiger partial charge in [0, 0.05) is 25.0 Å². The third kappa shape index (κ3) is 2.34. The van der Waals surface area contributed by atoms with Gasteiger partial charge >= 0.3 is 0 Å². The van der Waals surface area contributed by atoms with E-state index in [0.29, 0.717) is 13.0 Å². The number of nitrogens with one attached hydrogen (secondary N) is 1. The van der Waals surface area contributed by atoms with Crippen LogP contribution >= 0.6 is 0 Å². The summed E-state index contributed by atoms with van der Waals surface area (Å²) in [5.41, 5.74) is 2.21. The van der Waals surface area contributed by atoms with E-state index in [1.807, 2.05) is 12.1 Å². The fraction of sp³-hybridized carbons (Fsp3) is 0.500. The Hall–Kier alpha value is -1.35. The Labute approximate surface area is 102 Å². The Morgan fingerprint density at radius 3 is 2.71 bits per heavy atom. The van der Waals surface area contributed by atoms with Crippen LogP contribution in [0.3, 0.4) is 0 Å². The topological polar surface area (TPSA) is 38.3 Å². The molecule has 1 aliphatic heterocycles. The van der Waals surface area contributed by atoms with Crippen molar-refractivity contribution in [2.75, 3.05) is 7.11 Å². The summed E-state index contributed by atoms with van der Waals surface area (Å²) in [6.45, 7) is 4.75. The second-order valence-corrected chi connectivity index (χ2v) is 5.16. The minimum absolute atomic E-state index is 0.132. The number of carbonyl (C=O) groups excluding carboxylic acids is 1. The van der Waals surface area contributed by atoms with Crippen LogP contribution in [0, 0.1) is 0 Å². The first-order valence-corrected chi connectivity index (χ1v) is 5.92. The van der Waals surface area contributed by atoms with E-state index in [2.05, 4.69) is 31.3 Å². The molecule has 1 N–H and O–H groups in total. The molecule has 0 radical (unpaired) electrons. The third-order valence-electron chi connectivity index (χ3n) is 3.45. The van der Waals surface area contributed by atoms with Gasteiger partial charge in [0.25, 0.3) is 0 Å². The zero-order valence-electron chi connectivity index (χ0n) is 10.6. The van der Waals surface area contributed by atoms with Gasteiger partial charge in [-0.05, 0) is 25.0 Å². The molecule has 3 nitrogen and oxygen atoms in total. The van der Waals surface area contributed by atoms with Crippen molar-refractivity contribution in [3.63, 3.8) is 0 Å². The van der Waals surface area contributed by atoms with Crippen LogP contribution in [-0.4, -0.2) is 18.6 Å². The fourth-order valence-corrected chi connectivity index (χ4v) is 2.60. The van der Waals surface area contributed by atoms with E-state index < -0.39 is 0 Å². The number of rotatable bonds is 3. The average Bonchev–Trinajstić information content (AvgIpc) is 2.53. The maximum Gasteiger partial charge on any atom is 0.221 e. The van der Waals surface area contributed by atoms with Crippen LogP contribution in [0.4, 0.5) is 0 Å². The highest BCUT2D eigenvalue weighted by Crippen LogP contribution is 2.37. The van der Waals surface area contributed by atoms with Crippen LogP contribution in [0.1, 0.15) is 37.3 Å². The zero-order chi connectivity index (χ0) is 12.5. The molecule has 0 spiro atoms. The maximum atomic E-state index is 11.6. The summed E-state index contributed by atoms with van der Waals surface area (Å²) in [6, 6.07) is 8.20. The minimum atomic E-state index is -0.180. The largest absolute Gasteiger partial charge is 0.380 e. The van der Waals surface area contributed by atoms with Crippen LogP contribution in [0.25, 0.3) is 0 Å². The summed E-state index contributed by atoms with van der Waals surface area (Å²) in [7, 11) is 1.69. The lowest BCUT2D eigenvalue weighted by Crippen LogP contribution is -2.38. The fourth-order valence-electron chi connectivity index (χ4n) is 2.60.